The highest BCUT2D eigenvalue weighted by Gasteiger charge is 2.20. The van der Waals surface area contributed by atoms with Crippen molar-refractivity contribution >= 4 is 29.1 Å². The van der Waals surface area contributed by atoms with E-state index < -0.39 is 12.0 Å². The third kappa shape index (κ3) is 6.13. The molecular formula is C10H16N2O3S. The number of carboxylic acid groups (broad SMARTS) is 1. The molecule has 0 radical (unpaired) electrons. The minimum atomic E-state index is -1.09. The summed E-state index contributed by atoms with van der Waals surface area (Å²) in [5.74, 6) is -1.21. The van der Waals surface area contributed by atoms with Crippen LogP contribution in [0, 0.1) is 0 Å². The maximum absolute atomic E-state index is 11.1. The Morgan fingerprint density at radius 3 is 2.62 bits per heavy atom. The maximum atomic E-state index is 11.1. The van der Waals surface area contributed by atoms with Gasteiger partial charge in [0.2, 0.25) is 0 Å². The molecule has 0 aliphatic carbocycles. The molecule has 0 bridgehead atoms. The van der Waals surface area contributed by atoms with Gasteiger partial charge in [-0.25, -0.2) is 4.79 Å². The third-order valence-electron chi connectivity index (χ3n) is 1.84. The summed E-state index contributed by atoms with van der Waals surface area (Å²) < 4.78 is 0. The van der Waals surface area contributed by atoms with Gasteiger partial charge in [-0.15, -0.1) is 6.58 Å². The summed E-state index contributed by atoms with van der Waals surface area (Å²) >= 11 is 4.86. The number of hydrogen-bond donors (Lipinski definition) is 3. The van der Waals surface area contributed by atoms with Crippen molar-refractivity contribution in [2.24, 2.45) is 0 Å². The zero-order valence-corrected chi connectivity index (χ0v) is 9.97. The number of hydrogen-bond acceptors (Lipinski definition) is 3. The summed E-state index contributed by atoms with van der Waals surface area (Å²) in [5.41, 5.74) is 0. The van der Waals surface area contributed by atoms with Crippen LogP contribution in [0.5, 0.6) is 0 Å². The highest BCUT2D eigenvalue weighted by atomic mass is 32.1. The molecule has 90 valence electrons. The van der Waals surface area contributed by atoms with Gasteiger partial charge in [-0.2, -0.15) is 0 Å². The lowest BCUT2D eigenvalue weighted by Gasteiger charge is -2.15. The Balaban J connectivity index is 4.22. The molecule has 3 N–H and O–H groups in total. The van der Waals surface area contributed by atoms with E-state index in [-0.39, 0.29) is 17.3 Å². The first-order valence-corrected chi connectivity index (χ1v) is 5.31. The molecule has 0 fully saturated rings. The van der Waals surface area contributed by atoms with E-state index in [0.29, 0.717) is 13.0 Å². The highest BCUT2D eigenvalue weighted by Crippen LogP contribution is 1.97. The van der Waals surface area contributed by atoms with E-state index >= 15 is 0 Å². The second-order valence-corrected chi connectivity index (χ2v) is 3.54. The molecule has 0 saturated heterocycles. The molecule has 0 aliphatic rings. The number of nitrogens with one attached hydrogen (secondary N) is 2. The lowest BCUT2D eigenvalue weighted by atomic mass is 10.1. The molecule has 0 rings (SSSR count). The molecule has 0 saturated carbocycles. The first-order chi connectivity index (χ1) is 7.51. The molecule has 1 atom stereocenters. The van der Waals surface area contributed by atoms with Crippen molar-refractivity contribution in [2.45, 2.75) is 25.8 Å². The lowest BCUT2D eigenvalue weighted by Crippen LogP contribution is -2.46. The number of Topliss-reactive ketones (excluding diaryl/α,β-unsaturated/α-hetero) is 1. The van der Waals surface area contributed by atoms with E-state index in [1.165, 1.54) is 0 Å². The minimum Gasteiger partial charge on any atom is -0.480 e. The Bertz CT molecular complexity index is 292. The topological polar surface area (TPSA) is 78.4 Å². The summed E-state index contributed by atoms with van der Waals surface area (Å²) in [5, 5.41) is 14.4. The first kappa shape index (κ1) is 14.6. The van der Waals surface area contributed by atoms with Gasteiger partial charge in [0.25, 0.3) is 0 Å². The number of carbonyl (C=O) groups excluding carboxylic acids is 1. The van der Waals surface area contributed by atoms with Gasteiger partial charge >= 0.3 is 5.97 Å². The first-order valence-electron chi connectivity index (χ1n) is 4.91. The predicted molar refractivity (Wildman–Crippen MR) is 65.3 cm³/mol. The van der Waals surface area contributed by atoms with Crippen LogP contribution in [0.1, 0.15) is 19.8 Å². The van der Waals surface area contributed by atoms with Crippen LogP contribution in [0.2, 0.25) is 0 Å². The molecule has 0 aliphatic heterocycles. The van der Waals surface area contributed by atoms with E-state index in [1.807, 2.05) is 0 Å². The van der Waals surface area contributed by atoms with Gasteiger partial charge in [0, 0.05) is 19.4 Å². The average Bonchev–Trinajstić information content (AvgIpc) is 2.24. The number of rotatable bonds is 7. The van der Waals surface area contributed by atoms with Crippen molar-refractivity contribution in [1.29, 1.82) is 0 Å². The fourth-order valence-corrected chi connectivity index (χ4v) is 1.17. The zero-order chi connectivity index (χ0) is 12.6. The minimum absolute atomic E-state index is 0.0677. The largest absolute Gasteiger partial charge is 0.480 e. The molecular weight excluding hydrogens is 228 g/mol. The van der Waals surface area contributed by atoms with Crippen molar-refractivity contribution in [1.82, 2.24) is 10.6 Å². The average molecular weight is 244 g/mol. The van der Waals surface area contributed by atoms with Crippen molar-refractivity contribution in [3.05, 3.63) is 12.7 Å². The highest BCUT2D eigenvalue weighted by molar-refractivity contribution is 7.80. The van der Waals surface area contributed by atoms with Crippen LogP contribution in [-0.4, -0.2) is 34.6 Å². The normalized spacial score (nSPS) is 11.3. The van der Waals surface area contributed by atoms with Crippen molar-refractivity contribution in [2.75, 3.05) is 6.54 Å². The van der Waals surface area contributed by atoms with Crippen LogP contribution < -0.4 is 10.6 Å². The third-order valence-corrected chi connectivity index (χ3v) is 2.10. The van der Waals surface area contributed by atoms with Crippen molar-refractivity contribution in [3.8, 4) is 0 Å². The maximum Gasteiger partial charge on any atom is 0.326 e. The van der Waals surface area contributed by atoms with Gasteiger partial charge in [0.05, 0.1) is 0 Å². The summed E-state index contributed by atoms with van der Waals surface area (Å²) in [4.78, 5) is 22.0. The predicted octanol–water partition coefficient (Wildman–Crippen LogP) is 0.459. The van der Waals surface area contributed by atoms with Crippen LogP contribution >= 0.6 is 12.2 Å². The van der Waals surface area contributed by atoms with E-state index in [9.17, 15) is 9.59 Å². The number of ketones is 1. The smallest absolute Gasteiger partial charge is 0.326 e. The summed E-state index contributed by atoms with van der Waals surface area (Å²) in [6.45, 7) is 5.62. The molecule has 0 heterocycles. The van der Waals surface area contributed by atoms with Crippen LogP contribution in [0.15, 0.2) is 12.7 Å². The Morgan fingerprint density at radius 1 is 1.56 bits per heavy atom. The summed E-state index contributed by atoms with van der Waals surface area (Å²) in [6.07, 6.45) is 1.85. The molecule has 5 nitrogen and oxygen atoms in total. The van der Waals surface area contributed by atoms with E-state index in [0.717, 1.165) is 0 Å². The van der Waals surface area contributed by atoms with Crippen LogP contribution in [0.3, 0.4) is 0 Å². The van der Waals surface area contributed by atoms with E-state index in [4.69, 9.17) is 17.3 Å². The Kier molecular flexibility index (Phi) is 7.11. The fraction of sp³-hybridized carbons (Fsp3) is 0.500. The summed E-state index contributed by atoms with van der Waals surface area (Å²) in [7, 11) is 0. The molecule has 0 aromatic rings. The van der Waals surface area contributed by atoms with Gasteiger partial charge in [0.1, 0.15) is 11.8 Å². The molecule has 1 unspecified atom stereocenters. The summed E-state index contributed by atoms with van der Waals surface area (Å²) in [6, 6.07) is -0.975. The Hall–Kier alpha value is -1.43. The van der Waals surface area contributed by atoms with Crippen molar-refractivity contribution in [3.63, 3.8) is 0 Å². The lowest BCUT2D eigenvalue weighted by molar-refractivity contribution is -0.140. The number of thiocarbonyl (C=S) groups is 1. The molecule has 0 aromatic carbocycles. The Labute approximate surface area is 99.9 Å². The standard InChI is InChI=1S/C10H16N2O3S/c1-3-5-11-10(16)12-8(9(14)15)6-7(13)4-2/h3,8H,1,4-6H2,2H3,(H,14,15)(H2,11,12,16). The van der Waals surface area contributed by atoms with Crippen molar-refractivity contribution < 1.29 is 14.7 Å². The van der Waals surface area contributed by atoms with Gasteiger partial charge in [-0.05, 0) is 12.2 Å². The van der Waals surface area contributed by atoms with Crippen LogP contribution in [0.25, 0.3) is 0 Å². The molecule has 0 aromatic heterocycles. The number of carboxylic acids is 1. The molecule has 16 heavy (non-hydrogen) atoms. The van der Waals surface area contributed by atoms with Gasteiger partial charge in [-0.3, -0.25) is 4.79 Å². The quantitative estimate of drug-likeness (QED) is 0.446. The second kappa shape index (κ2) is 7.81. The monoisotopic (exact) mass is 244 g/mol. The molecule has 6 heteroatoms. The van der Waals surface area contributed by atoms with E-state index in [2.05, 4.69) is 17.2 Å². The van der Waals surface area contributed by atoms with Gasteiger partial charge in [0.15, 0.2) is 5.11 Å². The SMILES string of the molecule is C=CCNC(=S)NC(CC(=O)CC)C(=O)O. The number of aliphatic carboxylic acids is 1. The number of carbonyl (C=O) groups is 2. The van der Waals surface area contributed by atoms with Crippen LogP contribution in [0.4, 0.5) is 0 Å². The zero-order valence-electron chi connectivity index (χ0n) is 9.16. The van der Waals surface area contributed by atoms with E-state index in [1.54, 1.807) is 13.0 Å². The second-order valence-electron chi connectivity index (χ2n) is 3.13. The molecule has 0 amide bonds. The Morgan fingerprint density at radius 2 is 2.19 bits per heavy atom. The fourth-order valence-electron chi connectivity index (χ4n) is 0.946. The van der Waals surface area contributed by atoms with Gasteiger partial charge in [-0.1, -0.05) is 13.0 Å². The molecule has 0 spiro atoms. The van der Waals surface area contributed by atoms with Gasteiger partial charge < -0.3 is 15.7 Å². The van der Waals surface area contributed by atoms with Crippen LogP contribution in [-0.2, 0) is 9.59 Å².